The minimum Gasteiger partial charge on any atom is -0.358 e. The molecular formula is C12H15N3OS. The lowest BCUT2D eigenvalue weighted by Gasteiger charge is -2.12. The zero-order valence-electron chi connectivity index (χ0n) is 10.1. The van der Waals surface area contributed by atoms with E-state index in [-0.39, 0.29) is 11.6 Å². The maximum atomic E-state index is 11.8. The summed E-state index contributed by atoms with van der Waals surface area (Å²) in [6.45, 7) is 4.10. The number of thiophene rings is 1. The molecule has 0 radical (unpaired) electrons. The molecule has 0 saturated heterocycles. The first-order chi connectivity index (χ1) is 8.08. The molecule has 0 aliphatic rings. The van der Waals surface area contributed by atoms with E-state index in [2.05, 4.69) is 29.4 Å². The van der Waals surface area contributed by atoms with E-state index in [1.165, 1.54) is 14.3 Å². The molecule has 2 aromatic heterocycles. The fraction of sp³-hybridized carbons (Fsp3) is 0.333. The van der Waals surface area contributed by atoms with Crippen LogP contribution in [0.5, 0.6) is 0 Å². The first-order valence-corrected chi connectivity index (χ1v) is 6.24. The summed E-state index contributed by atoms with van der Waals surface area (Å²) in [4.78, 5) is 18.3. The van der Waals surface area contributed by atoms with E-state index < -0.39 is 0 Å². The van der Waals surface area contributed by atoms with Crippen molar-refractivity contribution >= 4 is 17.2 Å². The lowest BCUT2D eigenvalue weighted by molar-refractivity contribution is 0.819. The van der Waals surface area contributed by atoms with Gasteiger partial charge < -0.3 is 9.88 Å². The van der Waals surface area contributed by atoms with Crippen LogP contribution < -0.4 is 10.9 Å². The Hall–Kier alpha value is -1.62. The second-order valence-electron chi connectivity index (χ2n) is 4.01. The number of anilines is 1. The lowest BCUT2D eigenvalue weighted by Crippen LogP contribution is -2.23. The average molecular weight is 249 g/mol. The van der Waals surface area contributed by atoms with E-state index >= 15 is 0 Å². The summed E-state index contributed by atoms with van der Waals surface area (Å²) in [6, 6.07) is 4.25. The molecule has 1 atom stereocenters. The molecule has 2 rings (SSSR count). The van der Waals surface area contributed by atoms with Crippen LogP contribution in [0, 0.1) is 6.92 Å². The van der Waals surface area contributed by atoms with Gasteiger partial charge in [-0.05, 0) is 26.0 Å². The van der Waals surface area contributed by atoms with Gasteiger partial charge in [-0.2, -0.15) is 0 Å². The molecule has 1 unspecified atom stereocenters. The molecule has 0 aromatic carbocycles. The largest absolute Gasteiger partial charge is 0.358 e. The summed E-state index contributed by atoms with van der Waals surface area (Å²) >= 11 is 1.73. The number of hydrogen-bond donors (Lipinski definition) is 1. The molecule has 0 spiro atoms. The summed E-state index contributed by atoms with van der Waals surface area (Å²) in [6.07, 6.45) is 3.27. The monoisotopic (exact) mass is 249 g/mol. The molecule has 0 aliphatic heterocycles. The van der Waals surface area contributed by atoms with Crippen LogP contribution in [0.3, 0.4) is 0 Å². The summed E-state index contributed by atoms with van der Waals surface area (Å²) in [5.41, 5.74) is -0.104. The molecule has 0 bridgehead atoms. The van der Waals surface area contributed by atoms with Crippen molar-refractivity contribution in [2.24, 2.45) is 7.05 Å². The molecule has 0 saturated carbocycles. The van der Waals surface area contributed by atoms with Crippen molar-refractivity contribution in [2.45, 2.75) is 19.9 Å². The summed E-state index contributed by atoms with van der Waals surface area (Å²) < 4.78 is 1.52. The Morgan fingerprint density at radius 2 is 2.24 bits per heavy atom. The van der Waals surface area contributed by atoms with Crippen molar-refractivity contribution in [3.05, 3.63) is 44.6 Å². The van der Waals surface area contributed by atoms with Crippen molar-refractivity contribution in [3.63, 3.8) is 0 Å². The van der Waals surface area contributed by atoms with Crippen LogP contribution in [-0.2, 0) is 7.05 Å². The van der Waals surface area contributed by atoms with Crippen LogP contribution >= 0.6 is 11.3 Å². The standard InChI is InChI=1S/C12H15N3OS/c1-8-4-5-10(17-8)9(2)14-11-12(16)15(3)7-6-13-11/h4-7,9H,1-3H3,(H,13,14). The van der Waals surface area contributed by atoms with Gasteiger partial charge in [-0.25, -0.2) is 4.98 Å². The number of aryl methyl sites for hydroxylation is 2. The van der Waals surface area contributed by atoms with E-state index in [9.17, 15) is 4.79 Å². The minimum atomic E-state index is -0.104. The van der Waals surface area contributed by atoms with Gasteiger partial charge in [0.05, 0.1) is 6.04 Å². The average Bonchev–Trinajstić information content (AvgIpc) is 2.72. The van der Waals surface area contributed by atoms with Gasteiger partial charge in [0.25, 0.3) is 5.56 Å². The fourth-order valence-electron chi connectivity index (χ4n) is 1.56. The van der Waals surface area contributed by atoms with Gasteiger partial charge in [-0.1, -0.05) is 0 Å². The van der Waals surface area contributed by atoms with Crippen LogP contribution in [0.1, 0.15) is 22.7 Å². The van der Waals surface area contributed by atoms with Crippen LogP contribution in [0.25, 0.3) is 0 Å². The Labute approximate surface area is 104 Å². The Kier molecular flexibility index (Phi) is 3.28. The molecule has 0 fully saturated rings. The highest BCUT2D eigenvalue weighted by Gasteiger charge is 2.10. The molecule has 2 heterocycles. The Bertz CT molecular complexity index is 573. The highest BCUT2D eigenvalue weighted by molar-refractivity contribution is 7.12. The number of nitrogens with zero attached hydrogens (tertiary/aromatic N) is 2. The van der Waals surface area contributed by atoms with Crippen molar-refractivity contribution in [3.8, 4) is 0 Å². The van der Waals surface area contributed by atoms with Crippen LogP contribution in [0.15, 0.2) is 29.3 Å². The van der Waals surface area contributed by atoms with E-state index in [0.717, 1.165) is 0 Å². The van der Waals surface area contributed by atoms with E-state index in [1.54, 1.807) is 30.8 Å². The first-order valence-electron chi connectivity index (χ1n) is 5.42. The van der Waals surface area contributed by atoms with Crippen molar-refractivity contribution in [1.82, 2.24) is 9.55 Å². The summed E-state index contributed by atoms with van der Waals surface area (Å²) in [7, 11) is 1.72. The van der Waals surface area contributed by atoms with Crippen LogP contribution in [-0.4, -0.2) is 9.55 Å². The van der Waals surface area contributed by atoms with Crippen molar-refractivity contribution in [2.75, 3.05) is 5.32 Å². The first kappa shape index (κ1) is 11.9. The molecule has 1 N–H and O–H groups in total. The van der Waals surface area contributed by atoms with Gasteiger partial charge in [-0.15, -0.1) is 11.3 Å². The highest BCUT2D eigenvalue weighted by atomic mass is 32.1. The van der Waals surface area contributed by atoms with Crippen molar-refractivity contribution < 1.29 is 0 Å². The third-order valence-corrected chi connectivity index (χ3v) is 3.74. The molecule has 4 nitrogen and oxygen atoms in total. The van der Waals surface area contributed by atoms with Gasteiger partial charge >= 0.3 is 0 Å². The zero-order valence-corrected chi connectivity index (χ0v) is 10.9. The normalized spacial score (nSPS) is 12.4. The maximum absolute atomic E-state index is 11.8. The molecule has 2 aromatic rings. The number of nitrogens with one attached hydrogen (secondary N) is 1. The molecule has 90 valence electrons. The van der Waals surface area contributed by atoms with E-state index in [4.69, 9.17) is 0 Å². The van der Waals surface area contributed by atoms with Crippen LogP contribution in [0.4, 0.5) is 5.82 Å². The van der Waals surface area contributed by atoms with E-state index in [0.29, 0.717) is 5.82 Å². The fourth-order valence-corrected chi connectivity index (χ4v) is 2.44. The van der Waals surface area contributed by atoms with Crippen LogP contribution in [0.2, 0.25) is 0 Å². The predicted octanol–water partition coefficient (Wildman–Crippen LogP) is 2.32. The topological polar surface area (TPSA) is 46.9 Å². The number of hydrogen-bond acceptors (Lipinski definition) is 4. The smallest absolute Gasteiger partial charge is 0.293 e. The second-order valence-corrected chi connectivity index (χ2v) is 5.33. The van der Waals surface area contributed by atoms with Gasteiger partial charge in [0.15, 0.2) is 5.82 Å². The third kappa shape index (κ3) is 2.55. The summed E-state index contributed by atoms with van der Waals surface area (Å²) in [5.74, 6) is 0.397. The molecular weight excluding hydrogens is 234 g/mol. The second kappa shape index (κ2) is 4.71. The predicted molar refractivity (Wildman–Crippen MR) is 70.6 cm³/mol. The number of aromatic nitrogens is 2. The van der Waals surface area contributed by atoms with Gasteiger partial charge in [0.2, 0.25) is 0 Å². The zero-order chi connectivity index (χ0) is 12.4. The lowest BCUT2D eigenvalue weighted by atomic mass is 10.3. The summed E-state index contributed by atoms with van der Waals surface area (Å²) in [5, 5.41) is 3.15. The molecule has 5 heteroatoms. The van der Waals surface area contributed by atoms with Gasteiger partial charge in [-0.3, -0.25) is 4.79 Å². The number of rotatable bonds is 3. The minimum absolute atomic E-state index is 0.0938. The van der Waals surface area contributed by atoms with Gasteiger partial charge in [0, 0.05) is 29.2 Å². The highest BCUT2D eigenvalue weighted by Crippen LogP contribution is 2.24. The van der Waals surface area contributed by atoms with E-state index in [1.807, 2.05) is 6.92 Å². The quantitative estimate of drug-likeness (QED) is 0.908. The molecule has 17 heavy (non-hydrogen) atoms. The Morgan fingerprint density at radius 3 is 2.88 bits per heavy atom. The molecule has 0 amide bonds. The Balaban J connectivity index is 2.21. The third-order valence-electron chi connectivity index (χ3n) is 2.56. The maximum Gasteiger partial charge on any atom is 0.293 e. The van der Waals surface area contributed by atoms with Crippen molar-refractivity contribution in [1.29, 1.82) is 0 Å². The Morgan fingerprint density at radius 1 is 1.47 bits per heavy atom. The van der Waals surface area contributed by atoms with Gasteiger partial charge in [0.1, 0.15) is 0 Å². The SMILES string of the molecule is Cc1ccc(C(C)Nc2nccn(C)c2=O)s1. The molecule has 0 aliphatic carbocycles.